The number of fused-ring (bicyclic) bond motifs is 1. The number of halogens is 1. The Labute approximate surface area is 129 Å². The van der Waals surface area contributed by atoms with E-state index in [9.17, 15) is 9.59 Å². The summed E-state index contributed by atoms with van der Waals surface area (Å²) in [6, 6.07) is 3.43. The topological polar surface area (TPSA) is 49.4 Å². The summed E-state index contributed by atoms with van der Waals surface area (Å²) in [5.41, 5.74) is 2.11. The number of nitrogens with one attached hydrogen (secondary N) is 1. The molecule has 0 radical (unpaired) electrons. The number of anilines is 2. The summed E-state index contributed by atoms with van der Waals surface area (Å²) in [6.45, 7) is 8.66. The number of ketones is 1. The molecule has 0 bridgehead atoms. The average molecular weight is 307 g/mol. The number of rotatable bonds is 1. The lowest BCUT2D eigenvalue weighted by molar-refractivity contribution is -0.112. The van der Waals surface area contributed by atoms with E-state index in [1.807, 2.05) is 6.07 Å². The number of Topliss-reactive ketones (excluding diaryl/α,β-unsaturated/α-hetero) is 1. The third kappa shape index (κ3) is 2.42. The first-order valence-corrected chi connectivity index (χ1v) is 7.59. The molecule has 112 valence electrons. The Kier molecular flexibility index (Phi) is 3.24. The van der Waals surface area contributed by atoms with Crippen LogP contribution in [0.4, 0.5) is 11.4 Å². The molecule has 0 spiro atoms. The number of hydrogen-bond acceptors (Lipinski definition) is 3. The van der Waals surface area contributed by atoms with Crippen molar-refractivity contribution in [3.63, 3.8) is 0 Å². The number of benzene rings is 1. The van der Waals surface area contributed by atoms with E-state index >= 15 is 0 Å². The second-order valence-corrected chi connectivity index (χ2v) is 7.34. The van der Waals surface area contributed by atoms with Gasteiger partial charge in [-0.1, -0.05) is 32.4 Å². The zero-order valence-corrected chi connectivity index (χ0v) is 13.3. The third-order valence-electron chi connectivity index (χ3n) is 4.54. The van der Waals surface area contributed by atoms with E-state index in [-0.39, 0.29) is 5.41 Å². The van der Waals surface area contributed by atoms with Crippen LogP contribution in [0.15, 0.2) is 12.1 Å². The minimum atomic E-state index is -0.577. The number of amides is 1. The normalized spacial score (nSPS) is 21.7. The van der Waals surface area contributed by atoms with Gasteiger partial charge in [-0.25, -0.2) is 0 Å². The quantitative estimate of drug-likeness (QED) is 0.810. The van der Waals surface area contributed by atoms with E-state index in [2.05, 4.69) is 31.0 Å². The fourth-order valence-corrected chi connectivity index (χ4v) is 3.37. The molecule has 0 saturated carbocycles. The molecule has 4 nitrogen and oxygen atoms in total. The van der Waals surface area contributed by atoms with Crippen molar-refractivity contribution in [2.75, 3.05) is 23.3 Å². The van der Waals surface area contributed by atoms with Gasteiger partial charge in [0.2, 0.25) is 0 Å². The van der Waals surface area contributed by atoms with Gasteiger partial charge in [-0.05, 0) is 29.9 Å². The van der Waals surface area contributed by atoms with Crippen LogP contribution in [0.1, 0.15) is 37.6 Å². The van der Waals surface area contributed by atoms with Crippen LogP contribution in [0, 0.1) is 11.3 Å². The predicted molar refractivity (Wildman–Crippen MR) is 84.2 cm³/mol. The molecule has 1 amide bonds. The van der Waals surface area contributed by atoms with Crippen molar-refractivity contribution in [1.82, 2.24) is 0 Å². The van der Waals surface area contributed by atoms with E-state index in [1.54, 1.807) is 6.07 Å². The summed E-state index contributed by atoms with van der Waals surface area (Å²) >= 11 is 6.33. The Balaban J connectivity index is 1.90. The number of hydrogen-bond donors (Lipinski definition) is 1. The zero-order chi connectivity index (χ0) is 15.4. The van der Waals surface area contributed by atoms with Gasteiger partial charge >= 0.3 is 0 Å². The van der Waals surface area contributed by atoms with Crippen LogP contribution in [-0.4, -0.2) is 24.8 Å². The van der Waals surface area contributed by atoms with E-state index in [4.69, 9.17) is 11.6 Å². The highest BCUT2D eigenvalue weighted by Gasteiger charge is 2.34. The Morgan fingerprint density at radius 1 is 1.29 bits per heavy atom. The Hall–Kier alpha value is -1.55. The van der Waals surface area contributed by atoms with Gasteiger partial charge in [-0.3, -0.25) is 9.59 Å². The molecular weight excluding hydrogens is 288 g/mol. The molecule has 5 heteroatoms. The highest BCUT2D eigenvalue weighted by molar-refractivity contribution is 6.52. The van der Waals surface area contributed by atoms with Gasteiger partial charge in [0.05, 0.1) is 22.0 Å². The highest BCUT2D eigenvalue weighted by atomic mass is 35.5. The summed E-state index contributed by atoms with van der Waals surface area (Å²) in [5, 5.41) is 3.14. The molecule has 0 aliphatic carbocycles. The predicted octanol–water partition coefficient (Wildman–Crippen LogP) is 3.35. The maximum absolute atomic E-state index is 11.7. The number of carbonyl (C=O) groups excluding carboxylic acids is 2. The Morgan fingerprint density at radius 3 is 2.62 bits per heavy atom. The van der Waals surface area contributed by atoms with Crippen molar-refractivity contribution >= 4 is 34.7 Å². The molecule has 1 unspecified atom stereocenters. The molecule has 1 aromatic rings. The molecule has 1 saturated heterocycles. The molecule has 3 rings (SSSR count). The van der Waals surface area contributed by atoms with Gasteiger partial charge in [0.1, 0.15) is 0 Å². The lowest BCUT2D eigenvalue weighted by atomic mass is 9.80. The fraction of sp³-hybridized carbons (Fsp3) is 0.500. The average Bonchev–Trinajstić information content (AvgIpc) is 2.96. The minimum Gasteiger partial charge on any atom is -0.370 e. The Bertz CT molecular complexity index is 634. The lowest BCUT2D eigenvalue weighted by Gasteiger charge is -2.28. The minimum absolute atomic E-state index is 0.266. The van der Waals surface area contributed by atoms with Crippen molar-refractivity contribution in [2.45, 2.75) is 27.2 Å². The van der Waals surface area contributed by atoms with Crippen LogP contribution in [0.5, 0.6) is 0 Å². The van der Waals surface area contributed by atoms with Crippen molar-refractivity contribution in [1.29, 1.82) is 0 Å². The third-order valence-corrected chi connectivity index (χ3v) is 4.84. The first-order valence-electron chi connectivity index (χ1n) is 7.21. The second kappa shape index (κ2) is 4.73. The summed E-state index contributed by atoms with van der Waals surface area (Å²) in [5.74, 6) is -0.474. The fourth-order valence-electron chi connectivity index (χ4n) is 3.08. The monoisotopic (exact) mass is 306 g/mol. The highest BCUT2D eigenvalue weighted by Crippen LogP contribution is 2.40. The van der Waals surface area contributed by atoms with Crippen LogP contribution < -0.4 is 10.2 Å². The standard InChI is InChI=1S/C16H19ClN2O2/c1-16(2,3)9-4-5-19(8-9)13-7-12-10(6-11(13)17)14(20)15(21)18-12/h6-7,9H,4-5,8H2,1-3H3,(H,18,20,21). The van der Waals surface area contributed by atoms with Crippen molar-refractivity contribution in [3.8, 4) is 0 Å². The van der Waals surface area contributed by atoms with E-state index < -0.39 is 11.7 Å². The van der Waals surface area contributed by atoms with Crippen LogP contribution in [0.25, 0.3) is 0 Å². The first-order chi connectivity index (χ1) is 9.77. The van der Waals surface area contributed by atoms with Gasteiger partial charge in [0.25, 0.3) is 11.7 Å². The first kappa shape index (κ1) is 14.4. The van der Waals surface area contributed by atoms with E-state index in [0.717, 1.165) is 25.2 Å². The molecule has 1 atom stereocenters. The molecule has 2 heterocycles. The van der Waals surface area contributed by atoms with Gasteiger partial charge < -0.3 is 10.2 Å². The molecule has 1 N–H and O–H groups in total. The van der Waals surface area contributed by atoms with Crippen LogP contribution in [-0.2, 0) is 4.79 Å². The summed E-state index contributed by atoms with van der Waals surface area (Å²) < 4.78 is 0. The van der Waals surface area contributed by atoms with Crippen LogP contribution in [0.2, 0.25) is 5.02 Å². The van der Waals surface area contributed by atoms with Crippen LogP contribution >= 0.6 is 11.6 Å². The SMILES string of the molecule is CC(C)(C)C1CCN(c2cc3c(cc2Cl)C(=O)C(=O)N3)C1. The van der Waals surface area contributed by atoms with Crippen molar-refractivity contribution in [3.05, 3.63) is 22.7 Å². The van der Waals surface area contributed by atoms with Gasteiger partial charge in [0, 0.05) is 13.1 Å². The largest absolute Gasteiger partial charge is 0.370 e. The molecule has 2 aliphatic heterocycles. The van der Waals surface area contributed by atoms with Gasteiger partial charge in [-0.15, -0.1) is 0 Å². The van der Waals surface area contributed by atoms with E-state index in [0.29, 0.717) is 22.2 Å². The summed E-state index contributed by atoms with van der Waals surface area (Å²) in [6.07, 6.45) is 1.13. The summed E-state index contributed by atoms with van der Waals surface area (Å²) in [4.78, 5) is 25.4. The molecule has 2 aliphatic rings. The van der Waals surface area contributed by atoms with Crippen LogP contribution in [0.3, 0.4) is 0 Å². The molecule has 1 fully saturated rings. The van der Waals surface area contributed by atoms with Gasteiger partial charge in [0.15, 0.2) is 0 Å². The van der Waals surface area contributed by atoms with Crippen molar-refractivity contribution < 1.29 is 9.59 Å². The maximum atomic E-state index is 11.7. The molecule has 21 heavy (non-hydrogen) atoms. The smallest absolute Gasteiger partial charge is 0.296 e. The van der Waals surface area contributed by atoms with E-state index in [1.165, 1.54) is 0 Å². The van der Waals surface area contributed by atoms with Gasteiger partial charge in [-0.2, -0.15) is 0 Å². The summed E-state index contributed by atoms with van der Waals surface area (Å²) in [7, 11) is 0. The Morgan fingerprint density at radius 2 is 2.00 bits per heavy atom. The second-order valence-electron chi connectivity index (χ2n) is 6.93. The lowest BCUT2D eigenvalue weighted by Crippen LogP contribution is -2.26. The molecular formula is C16H19ClN2O2. The van der Waals surface area contributed by atoms with Crippen molar-refractivity contribution in [2.24, 2.45) is 11.3 Å². The maximum Gasteiger partial charge on any atom is 0.296 e. The molecule has 1 aromatic carbocycles. The molecule has 0 aromatic heterocycles. The zero-order valence-electron chi connectivity index (χ0n) is 12.5. The number of carbonyl (C=O) groups is 2. The number of nitrogens with zero attached hydrogens (tertiary/aromatic N) is 1.